The van der Waals surface area contributed by atoms with Crippen molar-refractivity contribution in [2.24, 2.45) is 0 Å². The maximum absolute atomic E-state index is 8.64. The molecule has 0 aliphatic carbocycles. The predicted octanol–water partition coefficient (Wildman–Crippen LogP) is 1.98. The Bertz CT molecular complexity index is 598. The van der Waals surface area contributed by atoms with E-state index >= 15 is 0 Å². The Labute approximate surface area is 97.2 Å². The summed E-state index contributed by atoms with van der Waals surface area (Å²) < 4.78 is 16.1. The summed E-state index contributed by atoms with van der Waals surface area (Å²) >= 11 is 0. The zero-order chi connectivity index (χ0) is 11.7. The number of fused-ring (bicyclic) bond motifs is 1. The van der Waals surface area contributed by atoms with E-state index in [1.165, 1.54) is 6.20 Å². The van der Waals surface area contributed by atoms with Crippen LogP contribution in [0.1, 0.15) is 5.89 Å². The Hall–Kier alpha value is -2.48. The highest BCUT2D eigenvalue weighted by molar-refractivity contribution is 5.62. The van der Waals surface area contributed by atoms with Crippen molar-refractivity contribution in [2.45, 2.75) is 0 Å². The van der Waals surface area contributed by atoms with Crippen LogP contribution in [0.2, 0.25) is 0 Å². The van der Waals surface area contributed by atoms with E-state index in [-0.39, 0.29) is 5.89 Å². The molecule has 3 rings (SSSR count). The minimum atomic E-state index is 0.0508. The summed E-state index contributed by atoms with van der Waals surface area (Å²) in [5, 5.41) is 8.64. The molecule has 1 aliphatic heterocycles. The SMILES string of the molecule is N#Cc1ncc(-c2ccc3c(c2)OCCO3)o1. The van der Waals surface area contributed by atoms with Crippen LogP contribution < -0.4 is 9.47 Å². The number of rotatable bonds is 1. The Balaban J connectivity index is 2.01. The highest BCUT2D eigenvalue weighted by atomic mass is 16.6. The van der Waals surface area contributed by atoms with E-state index in [1.807, 2.05) is 24.3 Å². The van der Waals surface area contributed by atoms with Crippen LogP contribution in [-0.4, -0.2) is 18.2 Å². The zero-order valence-corrected chi connectivity index (χ0v) is 8.84. The van der Waals surface area contributed by atoms with Gasteiger partial charge in [-0.3, -0.25) is 0 Å². The number of aromatic nitrogens is 1. The second kappa shape index (κ2) is 3.83. The second-order valence-electron chi connectivity index (χ2n) is 3.50. The largest absolute Gasteiger partial charge is 0.486 e. The van der Waals surface area contributed by atoms with Crippen molar-refractivity contribution in [3.05, 3.63) is 30.3 Å². The maximum Gasteiger partial charge on any atom is 0.301 e. The van der Waals surface area contributed by atoms with Gasteiger partial charge in [0.1, 0.15) is 13.2 Å². The molecule has 0 N–H and O–H groups in total. The van der Waals surface area contributed by atoms with Gasteiger partial charge in [-0.2, -0.15) is 5.26 Å². The van der Waals surface area contributed by atoms with Crippen molar-refractivity contribution >= 4 is 0 Å². The van der Waals surface area contributed by atoms with E-state index in [0.717, 1.165) is 11.3 Å². The molecule has 0 unspecified atom stereocenters. The average molecular weight is 228 g/mol. The lowest BCUT2D eigenvalue weighted by atomic mass is 10.1. The van der Waals surface area contributed by atoms with Crippen LogP contribution in [0, 0.1) is 11.3 Å². The topological polar surface area (TPSA) is 68.3 Å². The molecule has 0 atom stereocenters. The van der Waals surface area contributed by atoms with Crippen molar-refractivity contribution in [3.8, 4) is 28.9 Å². The van der Waals surface area contributed by atoms with Crippen LogP contribution in [0.5, 0.6) is 11.5 Å². The summed E-state index contributed by atoms with van der Waals surface area (Å²) in [6.45, 7) is 1.10. The van der Waals surface area contributed by atoms with E-state index in [2.05, 4.69) is 4.98 Å². The van der Waals surface area contributed by atoms with Crippen molar-refractivity contribution in [2.75, 3.05) is 13.2 Å². The van der Waals surface area contributed by atoms with Gasteiger partial charge < -0.3 is 13.9 Å². The van der Waals surface area contributed by atoms with Crippen molar-refractivity contribution in [3.63, 3.8) is 0 Å². The molecule has 0 amide bonds. The van der Waals surface area contributed by atoms with Crippen molar-refractivity contribution in [1.29, 1.82) is 5.26 Å². The summed E-state index contributed by atoms with van der Waals surface area (Å²) in [5.41, 5.74) is 0.809. The first-order valence-corrected chi connectivity index (χ1v) is 5.13. The Morgan fingerprint density at radius 2 is 2.00 bits per heavy atom. The van der Waals surface area contributed by atoms with Crippen LogP contribution in [0.4, 0.5) is 0 Å². The molecule has 0 bridgehead atoms. The van der Waals surface area contributed by atoms with Gasteiger partial charge in [0.2, 0.25) is 0 Å². The minimum absolute atomic E-state index is 0.0508. The van der Waals surface area contributed by atoms with E-state index < -0.39 is 0 Å². The number of benzene rings is 1. The number of hydrogen-bond donors (Lipinski definition) is 0. The fourth-order valence-corrected chi connectivity index (χ4v) is 1.66. The molecule has 1 aromatic heterocycles. The molecule has 0 saturated heterocycles. The number of hydrogen-bond acceptors (Lipinski definition) is 5. The van der Waals surface area contributed by atoms with Gasteiger partial charge in [0.25, 0.3) is 0 Å². The fraction of sp³-hybridized carbons (Fsp3) is 0.167. The van der Waals surface area contributed by atoms with Crippen LogP contribution in [-0.2, 0) is 0 Å². The first-order valence-electron chi connectivity index (χ1n) is 5.13. The first-order chi connectivity index (χ1) is 8.36. The molecule has 0 fully saturated rings. The predicted molar refractivity (Wildman–Crippen MR) is 57.6 cm³/mol. The minimum Gasteiger partial charge on any atom is -0.486 e. The highest BCUT2D eigenvalue weighted by Gasteiger charge is 2.14. The van der Waals surface area contributed by atoms with Gasteiger partial charge in [0, 0.05) is 5.56 Å². The molecule has 0 spiro atoms. The monoisotopic (exact) mass is 228 g/mol. The second-order valence-corrected chi connectivity index (χ2v) is 3.50. The molecule has 0 saturated carbocycles. The van der Waals surface area contributed by atoms with E-state index in [1.54, 1.807) is 0 Å². The van der Waals surface area contributed by atoms with Gasteiger partial charge >= 0.3 is 5.89 Å². The molecule has 1 aromatic carbocycles. The van der Waals surface area contributed by atoms with Gasteiger partial charge in [0.05, 0.1) is 6.20 Å². The molecule has 1 aliphatic rings. The Morgan fingerprint density at radius 3 is 2.76 bits per heavy atom. The normalized spacial score (nSPS) is 13.1. The number of nitriles is 1. The number of oxazole rings is 1. The third kappa shape index (κ3) is 1.70. The maximum atomic E-state index is 8.64. The average Bonchev–Trinajstić information content (AvgIpc) is 2.87. The first kappa shape index (κ1) is 9.73. The van der Waals surface area contributed by atoms with Gasteiger partial charge in [-0.25, -0.2) is 4.98 Å². The third-order valence-corrected chi connectivity index (χ3v) is 2.43. The summed E-state index contributed by atoms with van der Waals surface area (Å²) in [6.07, 6.45) is 1.52. The number of nitrogens with zero attached hydrogens (tertiary/aromatic N) is 2. The molecular formula is C12H8N2O3. The number of ether oxygens (including phenoxy) is 2. The third-order valence-electron chi connectivity index (χ3n) is 2.43. The molecule has 5 heteroatoms. The van der Waals surface area contributed by atoms with Crippen molar-refractivity contribution in [1.82, 2.24) is 4.98 Å². The van der Waals surface area contributed by atoms with Crippen LogP contribution in [0.15, 0.2) is 28.8 Å². The van der Waals surface area contributed by atoms with Gasteiger partial charge in [-0.1, -0.05) is 0 Å². The molecule has 5 nitrogen and oxygen atoms in total. The van der Waals surface area contributed by atoms with E-state index in [9.17, 15) is 0 Å². The molecule has 0 radical (unpaired) electrons. The fourth-order valence-electron chi connectivity index (χ4n) is 1.66. The van der Waals surface area contributed by atoms with E-state index in [0.29, 0.717) is 24.7 Å². The summed E-state index contributed by atoms with van der Waals surface area (Å²) in [6, 6.07) is 7.32. The smallest absolute Gasteiger partial charge is 0.301 e. The van der Waals surface area contributed by atoms with Gasteiger partial charge in [-0.05, 0) is 18.2 Å². The lowest BCUT2D eigenvalue weighted by molar-refractivity contribution is 0.171. The van der Waals surface area contributed by atoms with E-state index in [4.69, 9.17) is 19.2 Å². The standard InChI is InChI=1S/C12H8N2O3/c13-6-12-14-7-11(17-12)8-1-2-9-10(5-8)16-4-3-15-9/h1-2,5,7H,3-4H2. The molecular weight excluding hydrogens is 220 g/mol. The summed E-state index contributed by atoms with van der Waals surface area (Å²) in [5.74, 6) is 2.00. The lowest BCUT2D eigenvalue weighted by Crippen LogP contribution is -2.15. The highest BCUT2D eigenvalue weighted by Crippen LogP contribution is 2.34. The van der Waals surface area contributed by atoms with Crippen molar-refractivity contribution < 1.29 is 13.9 Å². The Kier molecular flexibility index (Phi) is 2.19. The van der Waals surface area contributed by atoms with Crippen LogP contribution in [0.3, 0.4) is 0 Å². The Morgan fingerprint density at radius 1 is 1.18 bits per heavy atom. The lowest BCUT2D eigenvalue weighted by Gasteiger charge is -2.18. The summed E-state index contributed by atoms with van der Waals surface area (Å²) in [4.78, 5) is 3.82. The van der Waals surface area contributed by atoms with Crippen LogP contribution in [0.25, 0.3) is 11.3 Å². The van der Waals surface area contributed by atoms with Crippen LogP contribution >= 0.6 is 0 Å². The van der Waals surface area contributed by atoms with Gasteiger partial charge in [0.15, 0.2) is 23.3 Å². The molecule has 84 valence electrons. The zero-order valence-electron chi connectivity index (χ0n) is 8.84. The quantitative estimate of drug-likeness (QED) is 0.746. The molecule has 2 heterocycles. The van der Waals surface area contributed by atoms with Gasteiger partial charge in [-0.15, -0.1) is 0 Å². The molecule has 2 aromatic rings. The molecule has 17 heavy (non-hydrogen) atoms. The summed E-state index contributed by atoms with van der Waals surface area (Å²) in [7, 11) is 0.